The Balaban J connectivity index is 1.79. The zero-order valence-corrected chi connectivity index (χ0v) is 18.7. The number of ether oxygens (including phenoxy) is 1. The summed E-state index contributed by atoms with van der Waals surface area (Å²) in [6.45, 7) is 7.83. The molecule has 5 heteroatoms. The molecule has 4 rings (SSSR count). The first kappa shape index (κ1) is 21.4. The third kappa shape index (κ3) is 4.28. The van der Waals surface area contributed by atoms with Crippen LogP contribution < -0.4 is 15.0 Å². The summed E-state index contributed by atoms with van der Waals surface area (Å²) in [7, 11) is 0. The van der Waals surface area contributed by atoms with Gasteiger partial charge in [0.15, 0.2) is 0 Å². The van der Waals surface area contributed by atoms with Crippen LogP contribution in [0.15, 0.2) is 78.5 Å². The monoisotopic (exact) mass is 426 g/mol. The minimum Gasteiger partial charge on any atom is -0.491 e. The molecule has 0 aromatic heterocycles. The van der Waals surface area contributed by atoms with Crippen LogP contribution in [0.4, 0.5) is 11.4 Å². The van der Waals surface area contributed by atoms with Gasteiger partial charge in [-0.3, -0.25) is 9.59 Å². The van der Waals surface area contributed by atoms with Gasteiger partial charge in [-0.2, -0.15) is 0 Å². The predicted octanol–water partition coefficient (Wildman–Crippen LogP) is 5.49. The average molecular weight is 427 g/mol. The first-order chi connectivity index (χ1) is 15.3. The van der Waals surface area contributed by atoms with Crippen LogP contribution in [-0.2, 0) is 9.59 Å². The lowest BCUT2D eigenvalue weighted by molar-refractivity contribution is -0.120. The van der Waals surface area contributed by atoms with Crippen LogP contribution in [0.1, 0.15) is 30.5 Å². The number of aryl methyl sites for hydroxylation is 2. The van der Waals surface area contributed by atoms with Crippen LogP contribution >= 0.6 is 0 Å². The minimum absolute atomic E-state index is 0.0464. The van der Waals surface area contributed by atoms with E-state index < -0.39 is 0 Å². The van der Waals surface area contributed by atoms with Crippen molar-refractivity contribution in [1.82, 2.24) is 0 Å². The van der Waals surface area contributed by atoms with Crippen molar-refractivity contribution in [3.63, 3.8) is 0 Å². The fourth-order valence-corrected chi connectivity index (χ4v) is 3.75. The van der Waals surface area contributed by atoms with Crippen molar-refractivity contribution in [3.8, 4) is 5.75 Å². The van der Waals surface area contributed by atoms with E-state index in [2.05, 4.69) is 5.32 Å². The maximum Gasteiger partial charge on any atom is 0.282 e. The molecular formula is C27H26N2O3. The van der Waals surface area contributed by atoms with Gasteiger partial charge in [-0.15, -0.1) is 0 Å². The highest BCUT2D eigenvalue weighted by Gasteiger charge is 2.40. The molecule has 3 aromatic rings. The van der Waals surface area contributed by atoms with Crippen LogP contribution in [0.5, 0.6) is 5.75 Å². The molecule has 0 saturated heterocycles. The molecule has 1 heterocycles. The van der Waals surface area contributed by atoms with Gasteiger partial charge in [0.25, 0.3) is 11.8 Å². The summed E-state index contributed by atoms with van der Waals surface area (Å²) in [4.78, 5) is 28.2. The van der Waals surface area contributed by atoms with Gasteiger partial charge in [-0.1, -0.05) is 36.4 Å². The summed E-state index contributed by atoms with van der Waals surface area (Å²) in [5, 5.41) is 3.21. The lowest BCUT2D eigenvalue weighted by atomic mass is 10.0. The highest BCUT2D eigenvalue weighted by molar-refractivity contribution is 6.46. The van der Waals surface area contributed by atoms with Gasteiger partial charge in [0.2, 0.25) is 0 Å². The molecule has 0 spiro atoms. The van der Waals surface area contributed by atoms with Crippen LogP contribution in [0.2, 0.25) is 0 Å². The van der Waals surface area contributed by atoms with Crippen molar-refractivity contribution < 1.29 is 14.3 Å². The van der Waals surface area contributed by atoms with Gasteiger partial charge in [0, 0.05) is 5.69 Å². The van der Waals surface area contributed by atoms with E-state index in [1.807, 2.05) is 94.4 Å². The van der Waals surface area contributed by atoms with Crippen molar-refractivity contribution in [2.75, 3.05) is 10.2 Å². The van der Waals surface area contributed by atoms with Crippen molar-refractivity contribution in [1.29, 1.82) is 0 Å². The van der Waals surface area contributed by atoms with Crippen LogP contribution in [0.3, 0.4) is 0 Å². The van der Waals surface area contributed by atoms with Gasteiger partial charge in [0.05, 0.1) is 17.4 Å². The molecular weight excluding hydrogens is 400 g/mol. The van der Waals surface area contributed by atoms with Gasteiger partial charge in [-0.25, -0.2) is 4.90 Å². The van der Waals surface area contributed by atoms with E-state index >= 15 is 0 Å². The Morgan fingerprint density at radius 1 is 0.812 bits per heavy atom. The standard InChI is InChI=1S/C27H26N2O3/c1-17(2)32-23-13-11-20(12-14-23)24-25(28-21-9-5-7-18(3)15-21)27(31)29(26(24)30)22-10-6-8-19(4)16-22/h5-17,28H,1-4H3. The van der Waals surface area contributed by atoms with Crippen molar-refractivity contribution in [2.45, 2.75) is 33.8 Å². The number of carbonyl (C=O) groups excluding carboxylic acids is 2. The third-order valence-electron chi connectivity index (χ3n) is 5.15. The topological polar surface area (TPSA) is 58.6 Å². The number of hydrogen-bond donors (Lipinski definition) is 1. The normalized spacial score (nSPS) is 13.8. The number of amides is 2. The zero-order valence-electron chi connectivity index (χ0n) is 18.7. The molecule has 5 nitrogen and oxygen atoms in total. The minimum atomic E-state index is -0.375. The number of rotatable bonds is 6. The van der Waals surface area contributed by atoms with Gasteiger partial charge in [0.1, 0.15) is 11.4 Å². The molecule has 0 fully saturated rings. The Hall–Kier alpha value is -3.86. The Kier molecular flexibility index (Phi) is 5.82. The van der Waals surface area contributed by atoms with E-state index in [-0.39, 0.29) is 23.6 Å². The predicted molar refractivity (Wildman–Crippen MR) is 128 cm³/mol. The second kappa shape index (κ2) is 8.71. The zero-order chi connectivity index (χ0) is 22.8. The van der Waals surface area contributed by atoms with E-state index in [1.165, 1.54) is 4.90 Å². The largest absolute Gasteiger partial charge is 0.491 e. The van der Waals surface area contributed by atoms with E-state index in [9.17, 15) is 9.59 Å². The summed E-state index contributed by atoms with van der Waals surface area (Å²) < 4.78 is 5.73. The highest BCUT2D eigenvalue weighted by atomic mass is 16.5. The van der Waals surface area contributed by atoms with E-state index in [1.54, 1.807) is 6.07 Å². The van der Waals surface area contributed by atoms with Crippen LogP contribution in [-0.4, -0.2) is 17.9 Å². The average Bonchev–Trinajstić information content (AvgIpc) is 2.98. The second-order valence-electron chi connectivity index (χ2n) is 8.22. The number of nitrogens with one attached hydrogen (secondary N) is 1. The van der Waals surface area contributed by atoms with Crippen molar-refractivity contribution in [2.24, 2.45) is 0 Å². The third-order valence-corrected chi connectivity index (χ3v) is 5.15. The smallest absolute Gasteiger partial charge is 0.282 e. The molecule has 0 atom stereocenters. The lowest BCUT2D eigenvalue weighted by Crippen LogP contribution is -2.32. The molecule has 1 N–H and O–H groups in total. The van der Waals surface area contributed by atoms with Crippen LogP contribution in [0, 0.1) is 13.8 Å². The SMILES string of the molecule is Cc1cccc(NC2=C(c3ccc(OC(C)C)cc3)C(=O)N(c3cccc(C)c3)C2=O)c1. The highest BCUT2D eigenvalue weighted by Crippen LogP contribution is 2.34. The summed E-state index contributed by atoms with van der Waals surface area (Å²) in [5.41, 5.74) is 4.60. The van der Waals surface area contributed by atoms with Gasteiger partial charge < -0.3 is 10.1 Å². The molecule has 32 heavy (non-hydrogen) atoms. The Morgan fingerprint density at radius 2 is 1.47 bits per heavy atom. The molecule has 0 bridgehead atoms. The molecule has 0 aliphatic carbocycles. The molecule has 0 saturated carbocycles. The number of imide groups is 1. The lowest BCUT2D eigenvalue weighted by Gasteiger charge is -2.16. The van der Waals surface area contributed by atoms with Crippen molar-refractivity contribution >= 4 is 28.8 Å². The first-order valence-electron chi connectivity index (χ1n) is 10.6. The van der Waals surface area contributed by atoms with E-state index in [0.717, 1.165) is 16.8 Å². The quantitative estimate of drug-likeness (QED) is 0.530. The Labute approximate surface area is 188 Å². The number of nitrogens with zero attached hydrogens (tertiary/aromatic N) is 1. The van der Waals surface area contributed by atoms with E-state index in [4.69, 9.17) is 4.74 Å². The number of carbonyl (C=O) groups is 2. The first-order valence-corrected chi connectivity index (χ1v) is 10.6. The molecule has 0 unspecified atom stereocenters. The Morgan fingerprint density at radius 3 is 2.09 bits per heavy atom. The molecule has 0 radical (unpaired) electrons. The maximum atomic E-state index is 13.5. The fraction of sp³-hybridized carbons (Fsp3) is 0.185. The fourth-order valence-electron chi connectivity index (χ4n) is 3.75. The summed E-state index contributed by atoms with van der Waals surface area (Å²) in [5.74, 6) is -0.0160. The number of hydrogen-bond acceptors (Lipinski definition) is 4. The number of anilines is 2. The summed E-state index contributed by atoms with van der Waals surface area (Å²) in [6.07, 6.45) is 0.0464. The summed E-state index contributed by atoms with van der Waals surface area (Å²) >= 11 is 0. The molecule has 162 valence electrons. The summed E-state index contributed by atoms with van der Waals surface area (Å²) in [6, 6.07) is 22.4. The molecule has 3 aromatic carbocycles. The van der Waals surface area contributed by atoms with Crippen LogP contribution in [0.25, 0.3) is 5.57 Å². The second-order valence-corrected chi connectivity index (χ2v) is 8.22. The number of benzene rings is 3. The maximum absolute atomic E-state index is 13.5. The van der Waals surface area contributed by atoms with E-state index in [0.29, 0.717) is 22.6 Å². The molecule has 1 aliphatic rings. The van der Waals surface area contributed by atoms with Crippen molar-refractivity contribution in [3.05, 3.63) is 95.2 Å². The van der Waals surface area contributed by atoms with Gasteiger partial charge in [-0.05, 0) is 80.8 Å². The molecule has 2 amide bonds. The van der Waals surface area contributed by atoms with Gasteiger partial charge >= 0.3 is 0 Å². The molecule has 1 aliphatic heterocycles. The Bertz CT molecular complexity index is 1210.